The van der Waals surface area contributed by atoms with Gasteiger partial charge in [0.2, 0.25) is 0 Å². The zero-order valence-electron chi connectivity index (χ0n) is 11.7. The van der Waals surface area contributed by atoms with Gasteiger partial charge < -0.3 is 5.32 Å². The van der Waals surface area contributed by atoms with Crippen LogP contribution in [0.3, 0.4) is 0 Å². The van der Waals surface area contributed by atoms with Crippen molar-refractivity contribution in [1.29, 1.82) is 0 Å². The quantitative estimate of drug-likeness (QED) is 0.832. The smallest absolute Gasteiger partial charge is 0.0294 e. The second kappa shape index (κ2) is 6.35. The van der Waals surface area contributed by atoms with Gasteiger partial charge >= 0.3 is 0 Å². The maximum absolute atomic E-state index is 4.14. The SMILES string of the molecule is C=C(CN[C@H](C)c1ccc(C)cc1)c1ccccc1. The minimum Gasteiger partial charge on any atom is -0.306 e. The number of rotatable bonds is 5. The van der Waals surface area contributed by atoms with Gasteiger partial charge in [0.25, 0.3) is 0 Å². The molecule has 0 radical (unpaired) electrons. The molecule has 0 unspecified atom stereocenters. The predicted molar refractivity (Wildman–Crippen MR) is 83.1 cm³/mol. The number of aryl methyl sites for hydroxylation is 1. The molecule has 19 heavy (non-hydrogen) atoms. The van der Waals surface area contributed by atoms with Crippen LogP contribution in [0.15, 0.2) is 61.2 Å². The predicted octanol–water partition coefficient (Wildman–Crippen LogP) is 4.36. The van der Waals surface area contributed by atoms with Gasteiger partial charge in [0.15, 0.2) is 0 Å². The Morgan fingerprint density at radius 2 is 1.68 bits per heavy atom. The van der Waals surface area contributed by atoms with Crippen LogP contribution < -0.4 is 5.32 Å². The standard InChI is InChI=1S/C18H21N/c1-14-9-11-18(12-10-14)16(3)19-13-15(2)17-7-5-4-6-8-17/h4-12,16,19H,2,13H2,1,3H3/t16-/m1/s1. The average molecular weight is 251 g/mol. The zero-order valence-corrected chi connectivity index (χ0v) is 11.7. The first-order chi connectivity index (χ1) is 9.16. The van der Waals surface area contributed by atoms with Crippen molar-refractivity contribution in [1.82, 2.24) is 5.32 Å². The molecule has 0 aromatic heterocycles. The number of benzene rings is 2. The van der Waals surface area contributed by atoms with Crippen LogP contribution >= 0.6 is 0 Å². The molecule has 2 aromatic rings. The summed E-state index contributed by atoms with van der Waals surface area (Å²) >= 11 is 0. The van der Waals surface area contributed by atoms with Crippen LogP contribution in [0.25, 0.3) is 5.57 Å². The van der Waals surface area contributed by atoms with E-state index in [1.165, 1.54) is 16.7 Å². The van der Waals surface area contributed by atoms with Crippen molar-refractivity contribution in [2.75, 3.05) is 6.54 Å². The van der Waals surface area contributed by atoms with E-state index in [0.29, 0.717) is 6.04 Å². The Labute approximate surface area is 116 Å². The lowest BCUT2D eigenvalue weighted by Crippen LogP contribution is -2.20. The van der Waals surface area contributed by atoms with Crippen molar-refractivity contribution < 1.29 is 0 Å². The third-order valence-corrected chi connectivity index (χ3v) is 3.38. The Hall–Kier alpha value is -1.86. The molecule has 0 saturated carbocycles. The van der Waals surface area contributed by atoms with Crippen molar-refractivity contribution in [3.05, 3.63) is 77.9 Å². The van der Waals surface area contributed by atoms with Gasteiger partial charge in [-0.3, -0.25) is 0 Å². The van der Waals surface area contributed by atoms with Crippen LogP contribution in [0.1, 0.15) is 29.7 Å². The van der Waals surface area contributed by atoms with Crippen molar-refractivity contribution in [3.63, 3.8) is 0 Å². The van der Waals surface area contributed by atoms with Crippen molar-refractivity contribution in [2.24, 2.45) is 0 Å². The number of hydrogen-bond acceptors (Lipinski definition) is 1. The van der Waals surface area contributed by atoms with E-state index >= 15 is 0 Å². The molecule has 0 bridgehead atoms. The highest BCUT2D eigenvalue weighted by molar-refractivity contribution is 5.64. The number of hydrogen-bond donors (Lipinski definition) is 1. The van der Waals surface area contributed by atoms with Gasteiger partial charge in [-0.05, 0) is 30.5 Å². The molecule has 0 aliphatic carbocycles. The van der Waals surface area contributed by atoms with E-state index in [4.69, 9.17) is 0 Å². The van der Waals surface area contributed by atoms with Crippen LogP contribution in [0.5, 0.6) is 0 Å². The fourth-order valence-electron chi connectivity index (χ4n) is 2.03. The second-order valence-corrected chi connectivity index (χ2v) is 4.98. The summed E-state index contributed by atoms with van der Waals surface area (Å²) in [7, 11) is 0. The van der Waals surface area contributed by atoms with E-state index in [9.17, 15) is 0 Å². The second-order valence-electron chi connectivity index (χ2n) is 4.98. The highest BCUT2D eigenvalue weighted by atomic mass is 14.9. The van der Waals surface area contributed by atoms with E-state index in [1.807, 2.05) is 18.2 Å². The maximum Gasteiger partial charge on any atom is 0.0294 e. The van der Waals surface area contributed by atoms with Crippen molar-refractivity contribution >= 4 is 5.57 Å². The summed E-state index contributed by atoms with van der Waals surface area (Å²) < 4.78 is 0. The Morgan fingerprint density at radius 3 is 2.32 bits per heavy atom. The summed E-state index contributed by atoms with van der Waals surface area (Å²) in [6.07, 6.45) is 0. The topological polar surface area (TPSA) is 12.0 Å². The molecule has 1 heteroatoms. The lowest BCUT2D eigenvalue weighted by atomic mass is 10.0. The van der Waals surface area contributed by atoms with Gasteiger partial charge in [-0.1, -0.05) is 66.7 Å². The van der Waals surface area contributed by atoms with Gasteiger partial charge in [0, 0.05) is 12.6 Å². The first-order valence-electron chi connectivity index (χ1n) is 6.70. The van der Waals surface area contributed by atoms with Crippen molar-refractivity contribution in [2.45, 2.75) is 19.9 Å². The molecule has 0 spiro atoms. The van der Waals surface area contributed by atoms with Crippen LogP contribution in [0.4, 0.5) is 0 Å². The number of nitrogens with one attached hydrogen (secondary N) is 1. The highest BCUT2D eigenvalue weighted by Crippen LogP contribution is 2.15. The van der Waals surface area contributed by atoms with Crippen LogP contribution in [0, 0.1) is 6.92 Å². The lowest BCUT2D eigenvalue weighted by Gasteiger charge is -2.16. The van der Waals surface area contributed by atoms with E-state index in [0.717, 1.165) is 12.1 Å². The van der Waals surface area contributed by atoms with Crippen molar-refractivity contribution in [3.8, 4) is 0 Å². The van der Waals surface area contributed by atoms with Gasteiger partial charge in [-0.15, -0.1) is 0 Å². The third-order valence-electron chi connectivity index (χ3n) is 3.38. The summed E-state index contributed by atoms with van der Waals surface area (Å²) in [5, 5.41) is 3.52. The normalized spacial score (nSPS) is 12.1. The molecule has 1 N–H and O–H groups in total. The van der Waals surface area contributed by atoms with Gasteiger partial charge in [0.1, 0.15) is 0 Å². The van der Waals surface area contributed by atoms with Crippen LogP contribution in [-0.4, -0.2) is 6.54 Å². The Morgan fingerprint density at radius 1 is 1.05 bits per heavy atom. The van der Waals surface area contributed by atoms with Gasteiger partial charge in [-0.2, -0.15) is 0 Å². The van der Waals surface area contributed by atoms with Crippen LogP contribution in [-0.2, 0) is 0 Å². The summed E-state index contributed by atoms with van der Waals surface area (Å²) in [5.41, 5.74) is 4.93. The zero-order chi connectivity index (χ0) is 13.7. The molecule has 98 valence electrons. The largest absolute Gasteiger partial charge is 0.306 e. The Kier molecular flexibility index (Phi) is 4.53. The highest BCUT2D eigenvalue weighted by Gasteiger charge is 2.05. The molecule has 0 aliphatic heterocycles. The molecule has 0 heterocycles. The third kappa shape index (κ3) is 3.80. The van der Waals surface area contributed by atoms with E-state index in [-0.39, 0.29) is 0 Å². The summed E-state index contributed by atoms with van der Waals surface area (Å²) in [5.74, 6) is 0. The summed E-state index contributed by atoms with van der Waals surface area (Å²) in [4.78, 5) is 0. The summed E-state index contributed by atoms with van der Waals surface area (Å²) in [6.45, 7) is 9.24. The average Bonchev–Trinajstić information content (AvgIpc) is 2.46. The fourth-order valence-corrected chi connectivity index (χ4v) is 2.03. The molecule has 0 aliphatic rings. The maximum atomic E-state index is 4.14. The monoisotopic (exact) mass is 251 g/mol. The van der Waals surface area contributed by atoms with E-state index < -0.39 is 0 Å². The molecule has 2 aromatic carbocycles. The minimum atomic E-state index is 0.334. The molecular weight excluding hydrogens is 230 g/mol. The van der Waals surface area contributed by atoms with Gasteiger partial charge in [-0.25, -0.2) is 0 Å². The summed E-state index contributed by atoms with van der Waals surface area (Å²) in [6, 6.07) is 19.3. The Balaban J connectivity index is 1.92. The lowest BCUT2D eigenvalue weighted by molar-refractivity contribution is 0.622. The van der Waals surface area contributed by atoms with Gasteiger partial charge in [0.05, 0.1) is 0 Å². The molecule has 2 rings (SSSR count). The van der Waals surface area contributed by atoms with Crippen LogP contribution in [0.2, 0.25) is 0 Å². The van der Waals surface area contributed by atoms with E-state index in [2.05, 4.69) is 62.1 Å². The van der Waals surface area contributed by atoms with E-state index in [1.54, 1.807) is 0 Å². The molecule has 1 atom stereocenters. The molecular formula is C18H21N. The molecule has 0 fully saturated rings. The Bertz CT molecular complexity index is 525. The molecule has 0 amide bonds. The minimum absolute atomic E-state index is 0.334. The fraction of sp³-hybridized carbons (Fsp3) is 0.222. The molecule has 0 saturated heterocycles. The first-order valence-corrected chi connectivity index (χ1v) is 6.70. The first kappa shape index (κ1) is 13.6. The molecule has 1 nitrogen and oxygen atoms in total.